The van der Waals surface area contributed by atoms with E-state index in [0.717, 1.165) is 16.6 Å². The van der Waals surface area contributed by atoms with Crippen molar-refractivity contribution in [3.05, 3.63) is 18.0 Å². The van der Waals surface area contributed by atoms with Gasteiger partial charge in [-0.05, 0) is 12.5 Å². The van der Waals surface area contributed by atoms with Crippen molar-refractivity contribution >= 4 is 11.8 Å². The van der Waals surface area contributed by atoms with Gasteiger partial charge in [0.15, 0.2) is 5.16 Å². The highest BCUT2D eigenvalue weighted by atomic mass is 32.2. The highest BCUT2D eigenvalue weighted by molar-refractivity contribution is 7.99. The lowest BCUT2D eigenvalue weighted by atomic mass is 10.3. The molecule has 0 amide bonds. The zero-order chi connectivity index (χ0) is 10.2. The topological polar surface area (TPSA) is 51.8 Å². The Morgan fingerprint density at radius 3 is 3.00 bits per heavy atom. The molecule has 0 fully saturated rings. The molecule has 0 bridgehead atoms. The zero-order valence-corrected chi connectivity index (χ0v) is 9.39. The summed E-state index contributed by atoms with van der Waals surface area (Å²) in [5.41, 5.74) is 6.41. The molecular formula is C10H17N3S. The highest BCUT2D eigenvalue weighted by Gasteiger charge is 1.98. The number of thioether (sulfide) groups is 1. The predicted molar refractivity (Wildman–Crippen MR) is 60.2 cm³/mol. The first-order valence-electron chi connectivity index (χ1n) is 5.01. The second-order valence-electron chi connectivity index (χ2n) is 3.09. The van der Waals surface area contributed by atoms with Gasteiger partial charge >= 0.3 is 0 Å². The molecular weight excluding hydrogens is 194 g/mol. The molecule has 0 saturated heterocycles. The van der Waals surface area contributed by atoms with Gasteiger partial charge in [-0.25, -0.2) is 9.97 Å². The Bertz CT molecular complexity index is 265. The van der Waals surface area contributed by atoms with Crippen molar-refractivity contribution < 1.29 is 0 Å². The third kappa shape index (κ3) is 4.07. The molecule has 1 heterocycles. The molecule has 1 aromatic rings. The fourth-order valence-electron chi connectivity index (χ4n) is 1.07. The van der Waals surface area contributed by atoms with E-state index in [1.165, 1.54) is 19.3 Å². The number of hydrogen-bond donors (Lipinski definition) is 1. The van der Waals surface area contributed by atoms with E-state index >= 15 is 0 Å². The molecule has 1 aromatic heterocycles. The summed E-state index contributed by atoms with van der Waals surface area (Å²) in [5.74, 6) is 1.10. The van der Waals surface area contributed by atoms with Crippen LogP contribution in [0.1, 0.15) is 31.9 Å². The van der Waals surface area contributed by atoms with Crippen molar-refractivity contribution in [2.45, 2.75) is 37.9 Å². The van der Waals surface area contributed by atoms with Crippen molar-refractivity contribution in [1.29, 1.82) is 0 Å². The Hall–Kier alpha value is -0.610. The molecule has 0 aromatic carbocycles. The summed E-state index contributed by atoms with van der Waals surface area (Å²) in [4.78, 5) is 8.50. The maximum Gasteiger partial charge on any atom is 0.187 e. The lowest BCUT2D eigenvalue weighted by Gasteiger charge is -2.00. The Kier molecular flexibility index (Phi) is 5.56. The Morgan fingerprint density at radius 2 is 2.29 bits per heavy atom. The maximum atomic E-state index is 5.50. The van der Waals surface area contributed by atoms with E-state index < -0.39 is 0 Å². The summed E-state index contributed by atoms with van der Waals surface area (Å²) < 4.78 is 0. The first-order chi connectivity index (χ1) is 6.86. The molecule has 2 N–H and O–H groups in total. The van der Waals surface area contributed by atoms with Crippen LogP contribution < -0.4 is 5.73 Å². The molecule has 14 heavy (non-hydrogen) atoms. The second-order valence-corrected chi connectivity index (χ2v) is 4.15. The summed E-state index contributed by atoms with van der Waals surface area (Å²) in [6.07, 6.45) is 5.54. The number of hydrogen-bond acceptors (Lipinski definition) is 4. The molecule has 4 heteroatoms. The Morgan fingerprint density at radius 1 is 1.43 bits per heavy atom. The molecule has 3 nitrogen and oxygen atoms in total. The second kappa shape index (κ2) is 6.79. The van der Waals surface area contributed by atoms with E-state index in [1.54, 1.807) is 18.0 Å². The summed E-state index contributed by atoms with van der Waals surface area (Å²) in [6, 6.07) is 1.86. The average molecular weight is 211 g/mol. The van der Waals surface area contributed by atoms with Gasteiger partial charge in [-0.2, -0.15) is 0 Å². The lowest BCUT2D eigenvalue weighted by molar-refractivity contribution is 0.776. The minimum absolute atomic E-state index is 0.491. The molecule has 0 aliphatic rings. The molecule has 78 valence electrons. The van der Waals surface area contributed by atoms with Gasteiger partial charge in [0.1, 0.15) is 0 Å². The van der Waals surface area contributed by atoms with Crippen LogP contribution in [0.2, 0.25) is 0 Å². The number of aromatic nitrogens is 2. The first-order valence-corrected chi connectivity index (χ1v) is 6.00. The monoisotopic (exact) mass is 211 g/mol. The molecule has 0 aliphatic carbocycles. The molecule has 0 saturated carbocycles. The minimum atomic E-state index is 0.491. The molecule has 0 unspecified atom stereocenters. The van der Waals surface area contributed by atoms with Gasteiger partial charge in [-0.3, -0.25) is 0 Å². The van der Waals surface area contributed by atoms with E-state index in [4.69, 9.17) is 5.73 Å². The standard InChI is InChI=1S/C10H17N3S/c1-2-3-4-7-14-10-12-6-5-9(8-11)13-10/h5-6H,2-4,7-8,11H2,1H3. The van der Waals surface area contributed by atoms with Gasteiger partial charge in [0, 0.05) is 18.5 Å². The molecule has 0 aliphatic heterocycles. The van der Waals surface area contributed by atoms with Crippen LogP contribution in [0.3, 0.4) is 0 Å². The SMILES string of the molecule is CCCCCSc1nccc(CN)n1. The van der Waals surface area contributed by atoms with Crippen LogP contribution in [-0.4, -0.2) is 15.7 Å². The number of rotatable bonds is 6. The van der Waals surface area contributed by atoms with Gasteiger partial charge in [0.2, 0.25) is 0 Å². The van der Waals surface area contributed by atoms with Gasteiger partial charge in [-0.1, -0.05) is 31.5 Å². The molecule has 1 rings (SSSR count). The molecule has 0 radical (unpaired) electrons. The summed E-state index contributed by atoms with van der Waals surface area (Å²) in [7, 11) is 0. The van der Waals surface area contributed by atoms with Crippen molar-refractivity contribution in [2.24, 2.45) is 5.73 Å². The van der Waals surface area contributed by atoms with Crippen LogP contribution in [0.15, 0.2) is 17.4 Å². The van der Waals surface area contributed by atoms with Crippen molar-refractivity contribution in [3.8, 4) is 0 Å². The normalized spacial score (nSPS) is 10.4. The summed E-state index contributed by atoms with van der Waals surface area (Å²) in [6.45, 7) is 2.70. The van der Waals surface area contributed by atoms with Crippen molar-refractivity contribution in [1.82, 2.24) is 9.97 Å². The fraction of sp³-hybridized carbons (Fsp3) is 0.600. The summed E-state index contributed by atoms with van der Waals surface area (Å²) >= 11 is 1.71. The fourth-order valence-corrected chi connectivity index (χ4v) is 1.92. The first kappa shape index (κ1) is 11.5. The smallest absolute Gasteiger partial charge is 0.187 e. The van der Waals surface area contributed by atoms with E-state index in [0.29, 0.717) is 6.54 Å². The lowest BCUT2D eigenvalue weighted by Crippen LogP contribution is -2.01. The highest BCUT2D eigenvalue weighted by Crippen LogP contribution is 2.14. The summed E-state index contributed by atoms with van der Waals surface area (Å²) in [5, 5.41) is 0.851. The van der Waals surface area contributed by atoms with Crippen LogP contribution in [0.5, 0.6) is 0 Å². The van der Waals surface area contributed by atoms with Crippen LogP contribution in [0.4, 0.5) is 0 Å². The minimum Gasteiger partial charge on any atom is -0.325 e. The van der Waals surface area contributed by atoms with Gasteiger partial charge in [-0.15, -0.1) is 0 Å². The van der Waals surface area contributed by atoms with Crippen LogP contribution in [-0.2, 0) is 6.54 Å². The van der Waals surface area contributed by atoms with E-state index in [9.17, 15) is 0 Å². The quantitative estimate of drug-likeness (QED) is 0.445. The maximum absolute atomic E-state index is 5.50. The van der Waals surface area contributed by atoms with Crippen LogP contribution in [0.25, 0.3) is 0 Å². The van der Waals surface area contributed by atoms with E-state index in [2.05, 4.69) is 16.9 Å². The van der Waals surface area contributed by atoms with Crippen molar-refractivity contribution in [2.75, 3.05) is 5.75 Å². The van der Waals surface area contributed by atoms with Crippen molar-refractivity contribution in [3.63, 3.8) is 0 Å². The predicted octanol–water partition coefficient (Wildman–Crippen LogP) is 2.22. The molecule has 0 atom stereocenters. The largest absolute Gasteiger partial charge is 0.325 e. The average Bonchev–Trinajstić information content (AvgIpc) is 2.25. The Labute approximate surface area is 89.5 Å². The number of nitrogens with zero attached hydrogens (tertiary/aromatic N) is 2. The number of nitrogens with two attached hydrogens (primary N) is 1. The van der Waals surface area contributed by atoms with Crippen LogP contribution >= 0.6 is 11.8 Å². The molecule has 0 spiro atoms. The van der Waals surface area contributed by atoms with E-state index in [1.807, 2.05) is 6.07 Å². The van der Waals surface area contributed by atoms with E-state index in [-0.39, 0.29) is 0 Å². The Balaban J connectivity index is 2.34. The third-order valence-electron chi connectivity index (χ3n) is 1.88. The van der Waals surface area contributed by atoms with Gasteiger partial charge in [0.25, 0.3) is 0 Å². The van der Waals surface area contributed by atoms with Gasteiger partial charge in [0.05, 0.1) is 5.69 Å². The van der Waals surface area contributed by atoms with Crippen LogP contribution in [0, 0.1) is 0 Å². The zero-order valence-electron chi connectivity index (χ0n) is 8.57. The number of unbranched alkanes of at least 4 members (excludes halogenated alkanes) is 2. The van der Waals surface area contributed by atoms with Gasteiger partial charge < -0.3 is 5.73 Å². The third-order valence-corrected chi connectivity index (χ3v) is 2.83.